The van der Waals surface area contributed by atoms with Crippen LogP contribution in [0.2, 0.25) is 0 Å². The summed E-state index contributed by atoms with van der Waals surface area (Å²) in [7, 11) is 1.50. The highest BCUT2D eigenvalue weighted by molar-refractivity contribution is 6.01. The molecule has 0 bridgehead atoms. The number of nitrogens with zero attached hydrogens (tertiary/aromatic N) is 4. The van der Waals surface area contributed by atoms with Crippen molar-refractivity contribution in [2.75, 3.05) is 36.1 Å². The van der Waals surface area contributed by atoms with E-state index in [9.17, 15) is 27.2 Å². The van der Waals surface area contributed by atoms with Gasteiger partial charge in [0, 0.05) is 49.5 Å². The fourth-order valence-electron chi connectivity index (χ4n) is 4.69. The Morgan fingerprint density at radius 3 is 2.31 bits per heavy atom. The lowest BCUT2D eigenvalue weighted by Crippen LogP contribution is -2.38. The number of halogens is 4. The number of nitrogens with one attached hydrogen (secondary N) is 1. The third-order valence-electron chi connectivity index (χ3n) is 6.77. The number of hydrogen-bond acceptors (Lipinski definition) is 7. The first-order valence-electron chi connectivity index (χ1n) is 13.4. The Morgan fingerprint density at radius 1 is 1.07 bits per heavy atom. The van der Waals surface area contributed by atoms with Crippen LogP contribution in [0.5, 0.6) is 0 Å². The van der Waals surface area contributed by atoms with E-state index in [1.54, 1.807) is 25.3 Å². The molecule has 0 spiro atoms. The van der Waals surface area contributed by atoms with Crippen molar-refractivity contribution in [3.05, 3.63) is 75.7 Å². The summed E-state index contributed by atoms with van der Waals surface area (Å²) in [5.41, 5.74) is 12.8. The van der Waals surface area contributed by atoms with Crippen molar-refractivity contribution in [2.24, 2.45) is 16.6 Å². The lowest BCUT2D eigenvalue weighted by molar-refractivity contribution is -0.105. The molecule has 2 aromatic carbocycles. The van der Waals surface area contributed by atoms with Crippen molar-refractivity contribution in [1.82, 2.24) is 9.78 Å². The Morgan fingerprint density at radius 2 is 1.74 bits per heavy atom. The molecule has 1 saturated carbocycles. The number of aryl methyl sites for hydroxylation is 1. The highest BCUT2D eigenvalue weighted by atomic mass is 19.3. The second-order valence-corrected chi connectivity index (χ2v) is 10.1. The standard InChI is InChI=1S/C17H22F2N4O.C11H8F2N2O.CH5N/c1-11-4-5-23(9-11)16-13(8-21-12-6-17(18,19)7-12)14(20)2-3-15(16)22-10-24;1-7-5-6-10(16)15(14-7)11-8(12)3-2-4-9(11)13;1-2/h2-3,8,10-12H,4-7,9,20H2,1H3,(H,22,24);2-6H,1H3;2H2,1H3. The van der Waals surface area contributed by atoms with Gasteiger partial charge in [-0.2, -0.15) is 9.78 Å². The molecule has 2 fully saturated rings. The van der Waals surface area contributed by atoms with E-state index < -0.39 is 28.8 Å². The summed E-state index contributed by atoms with van der Waals surface area (Å²) < 4.78 is 53.5. The Kier molecular flexibility index (Phi) is 10.8. The van der Waals surface area contributed by atoms with Crippen LogP contribution in [0.1, 0.15) is 37.4 Å². The lowest BCUT2D eigenvalue weighted by Gasteiger charge is -2.32. The quantitative estimate of drug-likeness (QED) is 0.170. The Labute approximate surface area is 241 Å². The number of alkyl halides is 2. The first-order valence-corrected chi connectivity index (χ1v) is 13.4. The van der Waals surface area contributed by atoms with Crippen molar-refractivity contribution >= 4 is 29.7 Å². The molecule has 2 aliphatic rings. The van der Waals surface area contributed by atoms with Crippen LogP contribution in [0, 0.1) is 24.5 Å². The number of nitrogen functional groups attached to an aromatic ring is 1. The molecule has 1 aliphatic heterocycles. The van der Waals surface area contributed by atoms with Crippen LogP contribution >= 0.6 is 0 Å². The van der Waals surface area contributed by atoms with E-state index in [0.29, 0.717) is 35.0 Å². The fourth-order valence-corrected chi connectivity index (χ4v) is 4.69. The number of aliphatic imine (C=N–C) groups is 1. The number of aromatic nitrogens is 2. The number of amides is 1. The number of hydrogen-bond donors (Lipinski definition) is 3. The molecule has 0 radical (unpaired) electrons. The van der Waals surface area contributed by atoms with E-state index in [2.05, 4.69) is 33.0 Å². The van der Waals surface area contributed by atoms with E-state index in [0.717, 1.165) is 42.0 Å². The molecular formula is C29H35F4N7O2. The molecule has 5 rings (SSSR count). The molecule has 5 N–H and O–H groups in total. The molecule has 1 aliphatic carbocycles. The summed E-state index contributed by atoms with van der Waals surface area (Å²) in [6, 6.07) is 9.18. The number of rotatable bonds is 6. The van der Waals surface area contributed by atoms with Crippen molar-refractivity contribution in [3.8, 4) is 5.69 Å². The third kappa shape index (κ3) is 7.72. The first kappa shape index (κ1) is 32.3. The smallest absolute Gasteiger partial charge is 0.271 e. The van der Waals surface area contributed by atoms with E-state index in [-0.39, 0.29) is 18.9 Å². The zero-order valence-corrected chi connectivity index (χ0v) is 23.7. The van der Waals surface area contributed by atoms with Crippen molar-refractivity contribution in [1.29, 1.82) is 0 Å². The molecular weight excluding hydrogens is 554 g/mol. The van der Waals surface area contributed by atoms with Crippen LogP contribution in [-0.4, -0.2) is 54.5 Å². The second-order valence-electron chi connectivity index (χ2n) is 10.1. The predicted octanol–water partition coefficient (Wildman–Crippen LogP) is 4.29. The minimum atomic E-state index is -2.60. The molecule has 13 heteroatoms. The molecule has 3 aromatic rings. The van der Waals surface area contributed by atoms with Gasteiger partial charge in [-0.1, -0.05) is 13.0 Å². The minimum Gasteiger partial charge on any atom is -0.398 e. The summed E-state index contributed by atoms with van der Waals surface area (Å²) >= 11 is 0. The van der Waals surface area contributed by atoms with Crippen molar-refractivity contribution < 1.29 is 22.4 Å². The number of nitrogens with two attached hydrogens (primary N) is 2. The van der Waals surface area contributed by atoms with Gasteiger partial charge in [-0.3, -0.25) is 14.6 Å². The molecule has 1 saturated heterocycles. The molecule has 9 nitrogen and oxygen atoms in total. The molecule has 2 heterocycles. The summed E-state index contributed by atoms with van der Waals surface area (Å²) in [5, 5.41) is 6.49. The van der Waals surface area contributed by atoms with Crippen LogP contribution in [0.25, 0.3) is 5.69 Å². The zero-order chi connectivity index (χ0) is 31.0. The molecule has 1 unspecified atom stereocenters. The van der Waals surface area contributed by atoms with Crippen molar-refractivity contribution in [2.45, 2.75) is 45.1 Å². The van der Waals surface area contributed by atoms with Gasteiger partial charge in [0.2, 0.25) is 6.41 Å². The van der Waals surface area contributed by atoms with E-state index >= 15 is 0 Å². The average Bonchev–Trinajstić information content (AvgIpc) is 3.36. The Hall–Kier alpha value is -4.26. The Bertz CT molecular complexity index is 1450. The number of anilines is 3. The summed E-state index contributed by atoms with van der Waals surface area (Å²) in [5.74, 6) is -3.69. The van der Waals surface area contributed by atoms with Crippen LogP contribution < -0.4 is 27.2 Å². The van der Waals surface area contributed by atoms with Gasteiger partial charge in [-0.05, 0) is 56.6 Å². The van der Waals surface area contributed by atoms with E-state index in [1.165, 1.54) is 25.2 Å². The van der Waals surface area contributed by atoms with Crippen LogP contribution in [0.4, 0.5) is 34.6 Å². The molecule has 1 atom stereocenters. The predicted molar refractivity (Wildman–Crippen MR) is 157 cm³/mol. The fraction of sp³-hybridized carbons (Fsp3) is 0.379. The molecule has 226 valence electrons. The number of benzene rings is 2. The maximum Gasteiger partial charge on any atom is 0.271 e. The summed E-state index contributed by atoms with van der Waals surface area (Å²) in [6.07, 6.45) is 2.84. The van der Waals surface area contributed by atoms with Gasteiger partial charge in [0.1, 0.15) is 5.69 Å². The monoisotopic (exact) mass is 589 g/mol. The highest BCUT2D eigenvalue weighted by Gasteiger charge is 2.45. The van der Waals surface area contributed by atoms with Crippen LogP contribution in [0.15, 0.2) is 52.3 Å². The van der Waals surface area contributed by atoms with Gasteiger partial charge in [-0.15, -0.1) is 0 Å². The summed E-state index contributed by atoms with van der Waals surface area (Å²) in [4.78, 5) is 28.8. The molecule has 42 heavy (non-hydrogen) atoms. The van der Waals surface area contributed by atoms with E-state index in [1.807, 2.05) is 0 Å². The topological polar surface area (TPSA) is 132 Å². The van der Waals surface area contributed by atoms with Crippen LogP contribution in [-0.2, 0) is 4.79 Å². The first-order chi connectivity index (χ1) is 20.0. The normalized spacial score (nSPS) is 17.5. The number of para-hydroxylation sites is 1. The van der Waals surface area contributed by atoms with Crippen molar-refractivity contribution in [3.63, 3.8) is 0 Å². The number of carbonyl (C=O) groups excluding carboxylic acids is 1. The van der Waals surface area contributed by atoms with Gasteiger partial charge in [0.25, 0.3) is 11.5 Å². The van der Waals surface area contributed by atoms with Gasteiger partial charge >= 0.3 is 0 Å². The lowest BCUT2D eigenvalue weighted by atomic mass is 9.89. The van der Waals surface area contributed by atoms with E-state index in [4.69, 9.17) is 5.73 Å². The minimum absolute atomic E-state index is 0.217. The Balaban J connectivity index is 0.000000234. The maximum absolute atomic E-state index is 13.4. The third-order valence-corrected chi connectivity index (χ3v) is 6.77. The van der Waals surface area contributed by atoms with Gasteiger partial charge in [0.05, 0.1) is 23.1 Å². The summed E-state index contributed by atoms with van der Waals surface area (Å²) in [6.45, 7) is 5.53. The van der Waals surface area contributed by atoms with Gasteiger partial charge < -0.3 is 21.7 Å². The maximum atomic E-state index is 13.4. The van der Waals surface area contributed by atoms with Crippen LogP contribution in [0.3, 0.4) is 0 Å². The molecule has 1 aromatic heterocycles. The van der Waals surface area contributed by atoms with Gasteiger partial charge in [-0.25, -0.2) is 17.6 Å². The SMILES string of the molecule is CC1CCN(c2c(NC=O)ccc(N)c2C=NC2CC(F)(F)C2)C1.CN.Cc1ccc(=O)n(-c2c(F)cccc2F)n1. The largest absolute Gasteiger partial charge is 0.398 e. The zero-order valence-electron chi connectivity index (χ0n) is 23.7. The number of carbonyl (C=O) groups is 1. The average molecular weight is 590 g/mol. The highest BCUT2D eigenvalue weighted by Crippen LogP contribution is 2.40. The van der Waals surface area contributed by atoms with Gasteiger partial charge in [0.15, 0.2) is 11.6 Å². The second kappa shape index (κ2) is 14.1. The molecule has 1 amide bonds.